The Morgan fingerprint density at radius 1 is 1.24 bits per heavy atom. The molecule has 0 spiro atoms. The molecule has 2 heteroatoms. The van der Waals surface area contributed by atoms with Gasteiger partial charge in [0.2, 0.25) is 0 Å². The molecule has 92 valence electrons. The zero-order valence-corrected chi connectivity index (χ0v) is 10.7. The van der Waals surface area contributed by atoms with Gasteiger partial charge < -0.3 is 5.11 Å². The molecule has 1 fully saturated rings. The number of aliphatic hydroxyl groups is 1. The first kappa shape index (κ1) is 12.3. The van der Waals surface area contributed by atoms with Crippen LogP contribution in [0.4, 0.5) is 0 Å². The third-order valence-corrected chi connectivity index (χ3v) is 4.66. The maximum absolute atomic E-state index is 12.4. The van der Waals surface area contributed by atoms with E-state index < -0.39 is 0 Å². The van der Waals surface area contributed by atoms with Gasteiger partial charge >= 0.3 is 0 Å². The fourth-order valence-electron chi connectivity index (χ4n) is 3.09. The monoisotopic (exact) mass is 232 g/mol. The second-order valence-corrected chi connectivity index (χ2v) is 5.49. The Kier molecular flexibility index (Phi) is 3.09. The van der Waals surface area contributed by atoms with Crippen molar-refractivity contribution in [2.45, 2.75) is 26.7 Å². The van der Waals surface area contributed by atoms with Gasteiger partial charge in [-0.3, -0.25) is 4.79 Å². The Balaban J connectivity index is 2.48. The van der Waals surface area contributed by atoms with Gasteiger partial charge in [0.25, 0.3) is 0 Å². The number of carbonyl (C=O) groups excluding carboxylic acids is 1. The number of rotatable bonds is 2. The number of hydrogen-bond donors (Lipinski definition) is 1. The molecule has 1 aliphatic rings. The quantitative estimate of drug-likeness (QED) is 0.851. The first-order valence-corrected chi connectivity index (χ1v) is 6.22. The van der Waals surface area contributed by atoms with Crippen LogP contribution in [0.25, 0.3) is 0 Å². The van der Waals surface area contributed by atoms with Crippen LogP contribution in [0.15, 0.2) is 30.3 Å². The molecule has 0 heterocycles. The van der Waals surface area contributed by atoms with Crippen molar-refractivity contribution in [1.29, 1.82) is 0 Å². The largest absolute Gasteiger partial charge is 0.396 e. The fraction of sp³-hybridized carbons (Fsp3) is 0.533. The summed E-state index contributed by atoms with van der Waals surface area (Å²) in [5.74, 6) is 0.335. The average Bonchev–Trinajstić information content (AvgIpc) is 2.53. The van der Waals surface area contributed by atoms with Crippen LogP contribution in [0.5, 0.6) is 0 Å². The van der Waals surface area contributed by atoms with Crippen molar-refractivity contribution in [2.24, 2.45) is 17.3 Å². The van der Waals surface area contributed by atoms with Crippen LogP contribution in [0.3, 0.4) is 0 Å². The topological polar surface area (TPSA) is 37.3 Å². The highest BCUT2D eigenvalue weighted by molar-refractivity contribution is 5.91. The maximum atomic E-state index is 12.4. The number of benzene rings is 1. The number of Topliss-reactive ketones (excluding diaryl/α,β-unsaturated/α-hetero) is 1. The smallest absolute Gasteiger partial charge is 0.144 e. The van der Waals surface area contributed by atoms with Crippen molar-refractivity contribution in [3.63, 3.8) is 0 Å². The molecule has 1 aromatic rings. The molecule has 0 radical (unpaired) electrons. The molecule has 1 aliphatic carbocycles. The Hall–Kier alpha value is -1.15. The lowest BCUT2D eigenvalue weighted by atomic mass is 9.71. The van der Waals surface area contributed by atoms with E-state index in [1.54, 1.807) is 0 Å². The lowest BCUT2D eigenvalue weighted by Gasteiger charge is -2.33. The van der Waals surface area contributed by atoms with Gasteiger partial charge in [0.15, 0.2) is 0 Å². The molecule has 17 heavy (non-hydrogen) atoms. The first-order valence-electron chi connectivity index (χ1n) is 6.22. The van der Waals surface area contributed by atoms with E-state index in [4.69, 9.17) is 0 Å². The SMILES string of the molecule is CC1C(=O)C(c2ccccc2)[C@@](C)(CO)[C@H]1C. The second-order valence-electron chi connectivity index (χ2n) is 5.49. The van der Waals surface area contributed by atoms with Crippen LogP contribution < -0.4 is 0 Å². The second kappa shape index (κ2) is 4.26. The fourth-order valence-corrected chi connectivity index (χ4v) is 3.09. The van der Waals surface area contributed by atoms with Crippen molar-refractivity contribution in [1.82, 2.24) is 0 Å². The first-order chi connectivity index (χ1) is 8.02. The highest BCUT2D eigenvalue weighted by Crippen LogP contribution is 2.52. The van der Waals surface area contributed by atoms with Crippen LogP contribution in [0.1, 0.15) is 32.3 Å². The van der Waals surface area contributed by atoms with E-state index in [0.717, 1.165) is 5.56 Å². The molecule has 1 N–H and O–H groups in total. The van der Waals surface area contributed by atoms with Crippen molar-refractivity contribution in [2.75, 3.05) is 6.61 Å². The summed E-state index contributed by atoms with van der Waals surface area (Å²) >= 11 is 0. The van der Waals surface area contributed by atoms with Crippen molar-refractivity contribution < 1.29 is 9.90 Å². The Labute approximate surface area is 103 Å². The van der Waals surface area contributed by atoms with E-state index in [1.165, 1.54) is 0 Å². The van der Waals surface area contributed by atoms with Gasteiger partial charge in [0.1, 0.15) is 5.78 Å². The summed E-state index contributed by atoms with van der Waals surface area (Å²) in [6.07, 6.45) is 0. The molecular weight excluding hydrogens is 212 g/mol. The van der Waals surface area contributed by atoms with Crippen molar-refractivity contribution in [3.05, 3.63) is 35.9 Å². The molecule has 4 atom stereocenters. The third kappa shape index (κ3) is 1.71. The molecule has 0 bridgehead atoms. The van der Waals surface area contributed by atoms with Crippen LogP contribution in [-0.4, -0.2) is 17.5 Å². The van der Waals surface area contributed by atoms with E-state index in [-0.39, 0.29) is 35.6 Å². The van der Waals surface area contributed by atoms with E-state index in [0.29, 0.717) is 0 Å². The maximum Gasteiger partial charge on any atom is 0.144 e. The lowest BCUT2D eigenvalue weighted by molar-refractivity contribution is -0.122. The highest BCUT2D eigenvalue weighted by atomic mass is 16.3. The Bertz CT molecular complexity index is 412. The van der Waals surface area contributed by atoms with Gasteiger partial charge in [-0.1, -0.05) is 51.1 Å². The van der Waals surface area contributed by atoms with Gasteiger partial charge in [-0.15, -0.1) is 0 Å². The zero-order chi connectivity index (χ0) is 12.6. The summed E-state index contributed by atoms with van der Waals surface area (Å²) in [6, 6.07) is 9.83. The molecule has 1 saturated carbocycles. The van der Waals surface area contributed by atoms with Crippen LogP contribution in [-0.2, 0) is 4.79 Å². The summed E-state index contributed by atoms with van der Waals surface area (Å²) in [6.45, 7) is 6.13. The Morgan fingerprint density at radius 3 is 2.35 bits per heavy atom. The minimum atomic E-state index is -0.335. The van der Waals surface area contributed by atoms with Crippen LogP contribution in [0.2, 0.25) is 0 Å². The summed E-state index contributed by atoms with van der Waals surface area (Å²) in [4.78, 5) is 12.4. The molecule has 2 unspecified atom stereocenters. The predicted molar refractivity (Wildman–Crippen MR) is 67.7 cm³/mol. The average molecular weight is 232 g/mol. The Morgan fingerprint density at radius 2 is 1.82 bits per heavy atom. The summed E-state index contributed by atoms with van der Waals surface area (Å²) in [5, 5.41) is 9.71. The van der Waals surface area contributed by atoms with Gasteiger partial charge in [0, 0.05) is 17.9 Å². The molecule has 2 rings (SSSR count). The predicted octanol–water partition coefficient (Wildman–Crippen LogP) is 2.62. The summed E-state index contributed by atoms with van der Waals surface area (Å²) in [5.41, 5.74) is 0.697. The van der Waals surface area contributed by atoms with E-state index in [9.17, 15) is 9.90 Å². The van der Waals surface area contributed by atoms with Gasteiger partial charge in [-0.25, -0.2) is 0 Å². The van der Waals surface area contributed by atoms with E-state index >= 15 is 0 Å². The molecule has 0 aromatic heterocycles. The minimum Gasteiger partial charge on any atom is -0.396 e. The minimum absolute atomic E-state index is 0.0253. The van der Waals surface area contributed by atoms with Crippen LogP contribution in [0, 0.1) is 17.3 Å². The number of carbonyl (C=O) groups is 1. The number of hydrogen-bond acceptors (Lipinski definition) is 2. The van der Waals surface area contributed by atoms with Crippen molar-refractivity contribution in [3.8, 4) is 0 Å². The summed E-state index contributed by atoms with van der Waals surface area (Å²) < 4.78 is 0. The van der Waals surface area contributed by atoms with Gasteiger partial charge in [0.05, 0.1) is 5.92 Å². The molecular formula is C15H20O2. The van der Waals surface area contributed by atoms with Gasteiger partial charge in [-0.2, -0.15) is 0 Å². The number of ketones is 1. The highest BCUT2D eigenvalue weighted by Gasteiger charge is 2.53. The number of aliphatic hydroxyl groups excluding tert-OH is 1. The molecule has 0 saturated heterocycles. The lowest BCUT2D eigenvalue weighted by Crippen LogP contribution is -2.31. The standard InChI is InChI=1S/C15H20O2/c1-10-11(2)15(3,9-16)13(14(10)17)12-7-5-4-6-8-12/h4-8,10-11,13,16H,9H2,1-3H3/t10?,11-,13?,15-/m0/s1. The summed E-state index contributed by atoms with van der Waals surface area (Å²) in [7, 11) is 0. The third-order valence-electron chi connectivity index (χ3n) is 4.66. The molecule has 1 aromatic carbocycles. The molecule has 0 aliphatic heterocycles. The van der Waals surface area contributed by atoms with Gasteiger partial charge in [-0.05, 0) is 11.5 Å². The van der Waals surface area contributed by atoms with E-state index in [2.05, 4.69) is 6.92 Å². The van der Waals surface area contributed by atoms with E-state index in [1.807, 2.05) is 44.2 Å². The zero-order valence-electron chi connectivity index (χ0n) is 10.7. The normalized spacial score (nSPS) is 37.4. The van der Waals surface area contributed by atoms with Crippen molar-refractivity contribution >= 4 is 5.78 Å². The molecule has 0 amide bonds. The van der Waals surface area contributed by atoms with Crippen LogP contribution >= 0.6 is 0 Å². The molecule has 2 nitrogen and oxygen atoms in total.